The van der Waals surface area contributed by atoms with Gasteiger partial charge in [-0.2, -0.15) is 0 Å². The van der Waals surface area contributed by atoms with Gasteiger partial charge in [0.25, 0.3) is 0 Å². The summed E-state index contributed by atoms with van der Waals surface area (Å²) in [4.78, 5) is 16.5. The summed E-state index contributed by atoms with van der Waals surface area (Å²) in [5.74, 6) is 1.36. The molecule has 2 heterocycles. The van der Waals surface area contributed by atoms with Gasteiger partial charge in [0.1, 0.15) is 11.6 Å². The third-order valence-corrected chi connectivity index (χ3v) is 3.87. The van der Waals surface area contributed by atoms with E-state index in [0.717, 1.165) is 5.82 Å². The van der Waals surface area contributed by atoms with Crippen LogP contribution in [0.4, 0.5) is 0 Å². The third-order valence-electron chi connectivity index (χ3n) is 3.87. The lowest BCUT2D eigenvalue weighted by Gasteiger charge is -2.16. The lowest BCUT2D eigenvalue weighted by Crippen LogP contribution is -2.28. The van der Waals surface area contributed by atoms with Crippen molar-refractivity contribution in [2.45, 2.75) is 39.4 Å². The average Bonchev–Trinajstić information content (AvgIpc) is 2.74. The number of ether oxygens (including phenoxy) is 1. The van der Waals surface area contributed by atoms with E-state index in [1.54, 1.807) is 6.20 Å². The SMILES string of the molecule is CC1OC(C)C(C(=O)Cc2nccn2C)C1C. The predicted molar refractivity (Wildman–Crippen MR) is 64.6 cm³/mol. The van der Waals surface area contributed by atoms with Crippen LogP contribution in [0.3, 0.4) is 0 Å². The summed E-state index contributed by atoms with van der Waals surface area (Å²) < 4.78 is 7.60. The van der Waals surface area contributed by atoms with Crippen molar-refractivity contribution in [3.8, 4) is 0 Å². The molecule has 0 aromatic carbocycles. The minimum absolute atomic E-state index is 0.00157. The van der Waals surface area contributed by atoms with E-state index in [1.807, 2.05) is 31.7 Å². The van der Waals surface area contributed by atoms with Crippen LogP contribution in [0.25, 0.3) is 0 Å². The molecule has 4 unspecified atom stereocenters. The van der Waals surface area contributed by atoms with Gasteiger partial charge >= 0.3 is 0 Å². The maximum absolute atomic E-state index is 12.3. The first-order valence-electron chi connectivity index (χ1n) is 6.15. The number of hydrogen-bond acceptors (Lipinski definition) is 3. The topological polar surface area (TPSA) is 44.1 Å². The fourth-order valence-electron chi connectivity index (χ4n) is 2.66. The Kier molecular flexibility index (Phi) is 3.33. The molecule has 0 bridgehead atoms. The van der Waals surface area contributed by atoms with E-state index in [4.69, 9.17) is 4.74 Å². The van der Waals surface area contributed by atoms with Crippen LogP contribution in [-0.4, -0.2) is 27.5 Å². The number of aromatic nitrogens is 2. The van der Waals surface area contributed by atoms with Crippen molar-refractivity contribution in [1.29, 1.82) is 0 Å². The second-order valence-electron chi connectivity index (χ2n) is 5.03. The van der Waals surface area contributed by atoms with E-state index < -0.39 is 0 Å². The number of imidazole rings is 1. The van der Waals surface area contributed by atoms with Gasteiger partial charge in [0, 0.05) is 25.4 Å². The fourth-order valence-corrected chi connectivity index (χ4v) is 2.66. The number of rotatable bonds is 3. The van der Waals surface area contributed by atoms with Crippen LogP contribution in [0.5, 0.6) is 0 Å². The molecule has 4 atom stereocenters. The molecule has 1 saturated heterocycles. The Morgan fingerprint density at radius 2 is 2.12 bits per heavy atom. The van der Waals surface area contributed by atoms with Gasteiger partial charge in [0.05, 0.1) is 18.6 Å². The Hall–Kier alpha value is -1.16. The van der Waals surface area contributed by atoms with Crippen molar-refractivity contribution in [1.82, 2.24) is 9.55 Å². The minimum Gasteiger partial charge on any atom is -0.375 e. The molecular weight excluding hydrogens is 216 g/mol. The largest absolute Gasteiger partial charge is 0.375 e. The van der Waals surface area contributed by atoms with Crippen LogP contribution < -0.4 is 0 Å². The van der Waals surface area contributed by atoms with Crippen molar-refractivity contribution in [3.63, 3.8) is 0 Å². The van der Waals surface area contributed by atoms with E-state index in [-0.39, 0.29) is 29.8 Å². The van der Waals surface area contributed by atoms with Crippen molar-refractivity contribution >= 4 is 5.78 Å². The number of Topliss-reactive ketones (excluding diaryl/α,β-unsaturated/α-hetero) is 1. The first-order valence-corrected chi connectivity index (χ1v) is 6.15. The molecule has 0 amide bonds. The summed E-state index contributed by atoms with van der Waals surface area (Å²) in [6.07, 6.45) is 4.18. The lowest BCUT2D eigenvalue weighted by atomic mass is 9.85. The van der Waals surface area contributed by atoms with Gasteiger partial charge in [-0.1, -0.05) is 6.92 Å². The maximum atomic E-state index is 12.3. The molecule has 1 aliphatic rings. The number of carbonyl (C=O) groups excluding carboxylic acids is 1. The van der Waals surface area contributed by atoms with Gasteiger partial charge in [-0.3, -0.25) is 4.79 Å². The summed E-state index contributed by atoms with van der Waals surface area (Å²) in [5, 5.41) is 0. The number of carbonyl (C=O) groups is 1. The monoisotopic (exact) mass is 236 g/mol. The summed E-state index contributed by atoms with van der Waals surface area (Å²) in [7, 11) is 1.91. The van der Waals surface area contributed by atoms with E-state index in [9.17, 15) is 4.79 Å². The number of hydrogen-bond donors (Lipinski definition) is 0. The smallest absolute Gasteiger partial charge is 0.146 e. The number of nitrogens with zero attached hydrogens (tertiary/aromatic N) is 2. The fraction of sp³-hybridized carbons (Fsp3) is 0.692. The molecule has 1 aromatic heterocycles. The van der Waals surface area contributed by atoms with Gasteiger partial charge < -0.3 is 9.30 Å². The first kappa shape index (κ1) is 12.3. The van der Waals surface area contributed by atoms with Crippen LogP contribution in [0, 0.1) is 11.8 Å². The zero-order chi connectivity index (χ0) is 12.6. The Morgan fingerprint density at radius 1 is 1.41 bits per heavy atom. The van der Waals surface area contributed by atoms with Crippen LogP contribution in [0.2, 0.25) is 0 Å². The van der Waals surface area contributed by atoms with E-state index in [1.165, 1.54) is 0 Å². The standard InChI is InChI=1S/C13H20N2O2/c1-8-9(2)17-10(3)13(8)11(16)7-12-14-5-6-15(12)4/h5-6,8-10,13H,7H2,1-4H3. The number of aryl methyl sites for hydroxylation is 1. The van der Waals surface area contributed by atoms with Crippen molar-refractivity contribution in [3.05, 3.63) is 18.2 Å². The van der Waals surface area contributed by atoms with Crippen molar-refractivity contribution in [2.75, 3.05) is 0 Å². The molecule has 1 aliphatic heterocycles. The van der Waals surface area contributed by atoms with E-state index >= 15 is 0 Å². The molecule has 94 valence electrons. The average molecular weight is 236 g/mol. The second-order valence-corrected chi connectivity index (χ2v) is 5.03. The Morgan fingerprint density at radius 3 is 2.59 bits per heavy atom. The van der Waals surface area contributed by atoms with Gasteiger partial charge in [-0.05, 0) is 19.8 Å². The van der Waals surface area contributed by atoms with Crippen LogP contribution in [-0.2, 0) is 23.0 Å². The molecule has 1 aromatic rings. The second kappa shape index (κ2) is 4.61. The van der Waals surface area contributed by atoms with Crippen LogP contribution in [0.1, 0.15) is 26.6 Å². The molecule has 0 spiro atoms. The summed E-state index contributed by atoms with van der Waals surface area (Å²) in [5.41, 5.74) is 0. The molecule has 0 aliphatic carbocycles. The van der Waals surface area contributed by atoms with Gasteiger partial charge in [-0.25, -0.2) is 4.98 Å². The Bertz CT molecular complexity index is 413. The van der Waals surface area contributed by atoms with Crippen molar-refractivity contribution < 1.29 is 9.53 Å². The third kappa shape index (κ3) is 2.27. The molecular formula is C13H20N2O2. The molecule has 2 rings (SSSR count). The van der Waals surface area contributed by atoms with Gasteiger partial charge in [0.15, 0.2) is 0 Å². The number of ketones is 1. The normalized spacial score (nSPS) is 32.9. The van der Waals surface area contributed by atoms with Gasteiger partial charge in [0.2, 0.25) is 0 Å². The Balaban J connectivity index is 2.08. The predicted octanol–water partition coefficient (Wildman–Crippen LogP) is 1.59. The summed E-state index contributed by atoms with van der Waals surface area (Å²) >= 11 is 0. The zero-order valence-electron chi connectivity index (χ0n) is 10.9. The molecule has 0 N–H and O–H groups in total. The molecule has 4 heteroatoms. The van der Waals surface area contributed by atoms with E-state index in [2.05, 4.69) is 11.9 Å². The highest BCUT2D eigenvalue weighted by molar-refractivity contribution is 5.83. The zero-order valence-corrected chi connectivity index (χ0v) is 10.9. The van der Waals surface area contributed by atoms with Crippen LogP contribution >= 0.6 is 0 Å². The van der Waals surface area contributed by atoms with Crippen molar-refractivity contribution in [2.24, 2.45) is 18.9 Å². The highest BCUT2D eigenvalue weighted by Crippen LogP contribution is 2.33. The lowest BCUT2D eigenvalue weighted by molar-refractivity contribution is -0.124. The Labute approximate surface area is 102 Å². The molecule has 4 nitrogen and oxygen atoms in total. The molecule has 1 fully saturated rings. The highest BCUT2D eigenvalue weighted by Gasteiger charge is 2.41. The quantitative estimate of drug-likeness (QED) is 0.800. The minimum atomic E-state index is 0.00157. The van der Waals surface area contributed by atoms with Gasteiger partial charge in [-0.15, -0.1) is 0 Å². The maximum Gasteiger partial charge on any atom is 0.146 e. The van der Waals surface area contributed by atoms with Crippen LogP contribution in [0.15, 0.2) is 12.4 Å². The summed E-state index contributed by atoms with van der Waals surface area (Å²) in [6.45, 7) is 6.12. The molecule has 0 radical (unpaired) electrons. The molecule has 0 saturated carbocycles. The summed E-state index contributed by atoms with van der Waals surface area (Å²) in [6, 6.07) is 0. The molecule has 17 heavy (non-hydrogen) atoms. The van der Waals surface area contributed by atoms with E-state index in [0.29, 0.717) is 6.42 Å². The highest BCUT2D eigenvalue weighted by atomic mass is 16.5. The first-order chi connectivity index (χ1) is 8.00.